The lowest BCUT2D eigenvalue weighted by Crippen LogP contribution is -2.39. The molecule has 3 aromatic rings. The van der Waals surface area contributed by atoms with Crippen molar-refractivity contribution in [3.63, 3.8) is 0 Å². The molecule has 1 amide bonds. The Morgan fingerprint density at radius 2 is 2.00 bits per heavy atom. The minimum Gasteiger partial charge on any atom is -0.351 e. The maximum absolute atomic E-state index is 13.3. The number of benzene rings is 1. The van der Waals surface area contributed by atoms with E-state index < -0.39 is 5.92 Å². The Bertz CT molecular complexity index is 1110. The van der Waals surface area contributed by atoms with Gasteiger partial charge in [0.25, 0.3) is 0 Å². The van der Waals surface area contributed by atoms with Crippen molar-refractivity contribution in [2.24, 2.45) is 5.92 Å². The summed E-state index contributed by atoms with van der Waals surface area (Å²) in [6.45, 7) is 1.18. The maximum atomic E-state index is 13.3. The first-order valence-corrected chi connectivity index (χ1v) is 10.2. The molecule has 0 saturated carbocycles. The second-order valence-corrected chi connectivity index (χ2v) is 7.86. The maximum Gasteiger partial charge on any atom is 0.226 e. The Kier molecular flexibility index (Phi) is 5.95. The SMILES string of the molecule is O=C(C[C@@H](Cc1ccc(F)cc1)C(=O)N1CC=CCC1)c1cc2cc(Cl)ncc2[nH]1. The van der Waals surface area contributed by atoms with E-state index in [0.29, 0.717) is 35.9 Å². The molecule has 0 spiro atoms. The van der Waals surface area contributed by atoms with Crippen LogP contribution in [0.5, 0.6) is 0 Å². The van der Waals surface area contributed by atoms with Crippen LogP contribution in [0.15, 0.2) is 54.7 Å². The second-order valence-electron chi connectivity index (χ2n) is 7.48. The van der Waals surface area contributed by atoms with Crippen LogP contribution in [0, 0.1) is 11.7 Å². The highest BCUT2D eigenvalue weighted by Crippen LogP contribution is 2.23. The van der Waals surface area contributed by atoms with Crippen LogP contribution in [0.25, 0.3) is 10.9 Å². The van der Waals surface area contributed by atoms with Crippen LogP contribution in [0.3, 0.4) is 0 Å². The number of aromatic amines is 1. The zero-order valence-corrected chi connectivity index (χ0v) is 17.0. The molecular weight excluding hydrogens is 405 g/mol. The van der Waals surface area contributed by atoms with Gasteiger partial charge in [0.1, 0.15) is 11.0 Å². The number of carbonyl (C=O) groups excluding carboxylic acids is 2. The summed E-state index contributed by atoms with van der Waals surface area (Å²) in [5.74, 6) is -1.07. The molecule has 2 aromatic heterocycles. The molecule has 5 nitrogen and oxygen atoms in total. The Labute approximate surface area is 178 Å². The van der Waals surface area contributed by atoms with Gasteiger partial charge in [0.05, 0.1) is 17.4 Å². The van der Waals surface area contributed by atoms with Gasteiger partial charge >= 0.3 is 0 Å². The lowest BCUT2D eigenvalue weighted by atomic mass is 9.91. The van der Waals surface area contributed by atoms with Crippen molar-refractivity contribution in [1.82, 2.24) is 14.9 Å². The summed E-state index contributed by atoms with van der Waals surface area (Å²) in [4.78, 5) is 35.0. The lowest BCUT2D eigenvalue weighted by molar-refractivity contribution is -0.135. The Morgan fingerprint density at radius 1 is 1.20 bits per heavy atom. The number of fused-ring (bicyclic) bond motifs is 1. The molecule has 0 saturated heterocycles. The fourth-order valence-corrected chi connectivity index (χ4v) is 3.91. The Balaban J connectivity index is 1.56. The van der Waals surface area contributed by atoms with E-state index in [1.165, 1.54) is 12.1 Å². The molecule has 1 aromatic carbocycles. The van der Waals surface area contributed by atoms with Gasteiger partial charge < -0.3 is 9.88 Å². The standard InChI is InChI=1S/C23H21ClFN3O2/c24-22-13-16-11-19(27-20(16)14-26-22)21(29)12-17(10-15-4-6-18(25)7-5-15)23(30)28-8-2-1-3-9-28/h1-2,4-7,11,13-14,17,27H,3,8-10,12H2/t17-/m1/s1. The van der Waals surface area contributed by atoms with Crippen molar-refractivity contribution in [2.75, 3.05) is 13.1 Å². The first kappa shape index (κ1) is 20.3. The van der Waals surface area contributed by atoms with Crippen LogP contribution in [0.4, 0.5) is 4.39 Å². The number of hydrogen-bond donors (Lipinski definition) is 1. The number of rotatable bonds is 6. The molecule has 30 heavy (non-hydrogen) atoms. The van der Waals surface area contributed by atoms with Gasteiger partial charge in [-0.25, -0.2) is 9.37 Å². The Morgan fingerprint density at radius 3 is 2.73 bits per heavy atom. The summed E-state index contributed by atoms with van der Waals surface area (Å²) in [6.07, 6.45) is 6.83. The number of ketones is 1. The molecule has 0 unspecified atom stereocenters. The van der Waals surface area contributed by atoms with Crippen molar-refractivity contribution >= 4 is 34.2 Å². The van der Waals surface area contributed by atoms with Crippen molar-refractivity contribution in [1.29, 1.82) is 0 Å². The summed E-state index contributed by atoms with van der Waals surface area (Å²) < 4.78 is 13.3. The molecule has 0 fully saturated rings. The largest absolute Gasteiger partial charge is 0.351 e. The number of H-pyrrole nitrogens is 1. The molecule has 0 radical (unpaired) electrons. The van der Waals surface area contributed by atoms with Crippen molar-refractivity contribution in [2.45, 2.75) is 19.3 Å². The number of aromatic nitrogens is 2. The number of Topliss-reactive ketones (excluding diaryl/α,β-unsaturated/α-hetero) is 1. The van der Waals surface area contributed by atoms with E-state index in [0.717, 1.165) is 17.4 Å². The van der Waals surface area contributed by atoms with E-state index >= 15 is 0 Å². The number of nitrogens with zero attached hydrogens (tertiary/aromatic N) is 2. The summed E-state index contributed by atoms with van der Waals surface area (Å²) in [5, 5.41) is 1.14. The molecular formula is C23H21ClFN3O2. The summed E-state index contributed by atoms with van der Waals surface area (Å²) in [5.41, 5.74) is 1.96. The first-order valence-electron chi connectivity index (χ1n) is 9.85. The predicted octanol–water partition coefficient (Wildman–Crippen LogP) is 4.58. The highest BCUT2D eigenvalue weighted by molar-refractivity contribution is 6.30. The molecule has 1 aliphatic heterocycles. The third kappa shape index (κ3) is 4.60. The monoisotopic (exact) mass is 425 g/mol. The van der Waals surface area contributed by atoms with Crippen LogP contribution in [0.1, 0.15) is 28.9 Å². The highest BCUT2D eigenvalue weighted by Gasteiger charge is 2.28. The molecule has 3 heterocycles. The number of amides is 1. The molecule has 154 valence electrons. The van der Waals surface area contributed by atoms with Gasteiger partial charge in [-0.05, 0) is 42.7 Å². The summed E-state index contributed by atoms with van der Waals surface area (Å²) >= 11 is 5.93. The molecule has 7 heteroatoms. The van der Waals surface area contributed by atoms with Crippen molar-refractivity contribution < 1.29 is 14.0 Å². The van der Waals surface area contributed by atoms with E-state index in [1.807, 2.05) is 12.2 Å². The highest BCUT2D eigenvalue weighted by atomic mass is 35.5. The van der Waals surface area contributed by atoms with Gasteiger partial charge in [-0.3, -0.25) is 9.59 Å². The van der Waals surface area contributed by atoms with E-state index in [-0.39, 0.29) is 23.9 Å². The smallest absolute Gasteiger partial charge is 0.226 e. The third-order valence-corrected chi connectivity index (χ3v) is 5.53. The number of pyridine rings is 1. The zero-order chi connectivity index (χ0) is 21.1. The zero-order valence-electron chi connectivity index (χ0n) is 16.3. The molecule has 1 atom stereocenters. The van der Waals surface area contributed by atoms with Gasteiger partial charge in [-0.1, -0.05) is 35.9 Å². The lowest BCUT2D eigenvalue weighted by Gasteiger charge is -2.28. The van der Waals surface area contributed by atoms with E-state index in [2.05, 4.69) is 9.97 Å². The fraction of sp³-hybridized carbons (Fsp3) is 0.261. The normalized spacial score (nSPS) is 14.8. The topological polar surface area (TPSA) is 66.1 Å². The predicted molar refractivity (Wildman–Crippen MR) is 114 cm³/mol. The van der Waals surface area contributed by atoms with Crippen LogP contribution >= 0.6 is 11.6 Å². The average molecular weight is 426 g/mol. The fourth-order valence-electron chi connectivity index (χ4n) is 3.74. The van der Waals surface area contributed by atoms with E-state index in [4.69, 9.17) is 11.6 Å². The molecule has 1 aliphatic rings. The first-order chi connectivity index (χ1) is 14.5. The van der Waals surface area contributed by atoms with Crippen LogP contribution in [-0.2, 0) is 11.2 Å². The molecule has 4 rings (SSSR count). The molecule has 1 N–H and O–H groups in total. The summed E-state index contributed by atoms with van der Waals surface area (Å²) in [6, 6.07) is 9.48. The Hall–Kier alpha value is -2.99. The van der Waals surface area contributed by atoms with Gasteiger partial charge in [-0.15, -0.1) is 0 Å². The van der Waals surface area contributed by atoms with E-state index in [9.17, 15) is 14.0 Å². The number of carbonyl (C=O) groups is 2. The number of halogens is 2. The van der Waals surface area contributed by atoms with Crippen molar-refractivity contribution in [3.8, 4) is 0 Å². The summed E-state index contributed by atoms with van der Waals surface area (Å²) in [7, 11) is 0. The minimum absolute atomic E-state index is 0.0575. The van der Waals surface area contributed by atoms with E-state index in [1.54, 1.807) is 35.4 Å². The molecule has 0 aliphatic carbocycles. The van der Waals surface area contributed by atoms with Gasteiger partial charge in [0.2, 0.25) is 5.91 Å². The minimum atomic E-state index is -0.525. The van der Waals surface area contributed by atoms with Gasteiger partial charge in [0, 0.05) is 30.8 Å². The quantitative estimate of drug-likeness (QED) is 0.357. The van der Waals surface area contributed by atoms with Crippen LogP contribution in [-0.4, -0.2) is 39.6 Å². The number of nitrogens with one attached hydrogen (secondary N) is 1. The van der Waals surface area contributed by atoms with Crippen molar-refractivity contribution in [3.05, 3.63) is 77.0 Å². The third-order valence-electron chi connectivity index (χ3n) is 5.32. The van der Waals surface area contributed by atoms with Gasteiger partial charge in [-0.2, -0.15) is 0 Å². The number of hydrogen-bond acceptors (Lipinski definition) is 3. The molecule has 0 bridgehead atoms. The van der Waals surface area contributed by atoms with Crippen LogP contribution < -0.4 is 0 Å². The average Bonchev–Trinajstić information content (AvgIpc) is 3.18. The second kappa shape index (κ2) is 8.79. The van der Waals surface area contributed by atoms with Gasteiger partial charge in [0.15, 0.2) is 5.78 Å². The van der Waals surface area contributed by atoms with Crippen LogP contribution in [0.2, 0.25) is 5.15 Å².